The lowest BCUT2D eigenvalue weighted by Crippen LogP contribution is -2.38. The van der Waals surface area contributed by atoms with Gasteiger partial charge < -0.3 is 14.5 Å². The first-order chi connectivity index (χ1) is 10.3. The topological polar surface area (TPSA) is 50.4 Å². The van der Waals surface area contributed by atoms with Gasteiger partial charge in [0.1, 0.15) is 5.82 Å². The summed E-state index contributed by atoms with van der Waals surface area (Å²) < 4.78 is 11.1. The highest BCUT2D eigenvalue weighted by molar-refractivity contribution is 5.54. The van der Waals surface area contributed by atoms with Gasteiger partial charge in [0.25, 0.3) is 0 Å². The molecule has 0 unspecified atom stereocenters. The Labute approximate surface area is 124 Å². The van der Waals surface area contributed by atoms with Gasteiger partial charge in [0.05, 0.1) is 25.9 Å². The second kappa shape index (κ2) is 6.85. The number of nitrogens with zero attached hydrogens (tertiary/aromatic N) is 2. The number of ether oxygens (including phenoxy) is 2. The van der Waals surface area contributed by atoms with E-state index in [4.69, 9.17) is 9.47 Å². The molecule has 0 bridgehead atoms. The molecule has 21 heavy (non-hydrogen) atoms. The fraction of sp³-hybridized carbons (Fsp3) is 0.438. The van der Waals surface area contributed by atoms with E-state index in [0.717, 1.165) is 30.2 Å². The van der Waals surface area contributed by atoms with Crippen LogP contribution in [0.15, 0.2) is 36.5 Å². The number of hydrogen-bond donors (Lipinski definition) is 1. The molecule has 1 aliphatic heterocycles. The Morgan fingerprint density at radius 2 is 2.14 bits per heavy atom. The zero-order valence-electron chi connectivity index (χ0n) is 12.3. The number of nitrogens with one attached hydrogen (secondary N) is 1. The van der Waals surface area contributed by atoms with E-state index < -0.39 is 0 Å². The summed E-state index contributed by atoms with van der Waals surface area (Å²) in [6.45, 7) is 3.77. The molecule has 112 valence electrons. The number of aromatic nitrogens is 2. The van der Waals surface area contributed by atoms with E-state index in [9.17, 15) is 0 Å². The van der Waals surface area contributed by atoms with E-state index >= 15 is 0 Å². The lowest BCUT2D eigenvalue weighted by atomic mass is 10.2. The minimum Gasteiger partial charge on any atom is -0.376 e. The molecule has 1 aromatic carbocycles. The molecule has 2 heterocycles. The third kappa shape index (κ3) is 3.91. The van der Waals surface area contributed by atoms with Crippen molar-refractivity contribution in [1.82, 2.24) is 14.9 Å². The summed E-state index contributed by atoms with van der Waals surface area (Å²) in [7, 11) is 2.08. The summed E-state index contributed by atoms with van der Waals surface area (Å²) in [6, 6.07) is 10.2. The first kappa shape index (κ1) is 14.3. The van der Waals surface area contributed by atoms with E-state index in [-0.39, 0.29) is 6.10 Å². The van der Waals surface area contributed by atoms with Gasteiger partial charge in [0.15, 0.2) is 0 Å². The summed E-state index contributed by atoms with van der Waals surface area (Å²) >= 11 is 0. The van der Waals surface area contributed by atoms with Crippen molar-refractivity contribution < 1.29 is 9.47 Å². The molecule has 1 saturated heterocycles. The quantitative estimate of drug-likeness (QED) is 0.913. The van der Waals surface area contributed by atoms with Crippen LogP contribution in [0, 0.1) is 0 Å². The van der Waals surface area contributed by atoms with Gasteiger partial charge in [-0.2, -0.15) is 0 Å². The second-order valence-corrected chi connectivity index (χ2v) is 5.39. The summed E-state index contributed by atoms with van der Waals surface area (Å²) in [6.07, 6.45) is 2.07. The molecule has 2 aromatic rings. The van der Waals surface area contributed by atoms with Crippen molar-refractivity contribution in [2.75, 3.05) is 33.4 Å². The van der Waals surface area contributed by atoms with Crippen molar-refractivity contribution in [3.05, 3.63) is 42.2 Å². The van der Waals surface area contributed by atoms with Crippen LogP contribution >= 0.6 is 0 Å². The van der Waals surface area contributed by atoms with Gasteiger partial charge in [-0.15, -0.1) is 0 Å². The maximum atomic E-state index is 5.67. The Kier molecular flexibility index (Phi) is 4.65. The minimum atomic E-state index is 0.167. The number of aromatic amines is 1. The smallest absolute Gasteiger partial charge is 0.137 e. The zero-order valence-corrected chi connectivity index (χ0v) is 12.3. The maximum Gasteiger partial charge on any atom is 0.137 e. The Hall–Kier alpha value is -1.69. The number of H-pyrrole nitrogens is 1. The normalized spacial score (nSPS) is 19.0. The van der Waals surface area contributed by atoms with Crippen molar-refractivity contribution in [3.8, 4) is 11.4 Å². The lowest BCUT2D eigenvalue weighted by molar-refractivity contribution is -0.0963. The predicted octanol–water partition coefficient (Wildman–Crippen LogP) is 1.92. The number of hydrogen-bond acceptors (Lipinski definition) is 4. The van der Waals surface area contributed by atoms with Crippen LogP contribution in [0.2, 0.25) is 0 Å². The van der Waals surface area contributed by atoms with Crippen LogP contribution in [-0.2, 0) is 16.0 Å². The van der Waals surface area contributed by atoms with Crippen molar-refractivity contribution >= 4 is 0 Å². The maximum absolute atomic E-state index is 5.67. The Bertz CT molecular complexity index is 550. The van der Waals surface area contributed by atoms with Crippen LogP contribution in [0.25, 0.3) is 11.4 Å². The van der Waals surface area contributed by atoms with Gasteiger partial charge >= 0.3 is 0 Å². The van der Waals surface area contributed by atoms with E-state index in [1.54, 1.807) is 0 Å². The molecule has 1 aromatic heterocycles. The fourth-order valence-electron chi connectivity index (χ4n) is 2.53. The van der Waals surface area contributed by atoms with E-state index in [0.29, 0.717) is 19.8 Å². The Morgan fingerprint density at radius 3 is 2.90 bits per heavy atom. The first-order valence-electron chi connectivity index (χ1n) is 7.28. The summed E-state index contributed by atoms with van der Waals surface area (Å²) in [5, 5.41) is 0. The summed E-state index contributed by atoms with van der Waals surface area (Å²) in [5.41, 5.74) is 2.21. The van der Waals surface area contributed by atoms with Gasteiger partial charge in [-0.05, 0) is 7.05 Å². The van der Waals surface area contributed by atoms with E-state index in [1.807, 2.05) is 24.4 Å². The van der Waals surface area contributed by atoms with Gasteiger partial charge in [0, 0.05) is 30.5 Å². The molecule has 1 aliphatic rings. The van der Waals surface area contributed by atoms with Gasteiger partial charge in [-0.25, -0.2) is 4.98 Å². The molecule has 0 amide bonds. The molecular formula is C16H21N3O2. The second-order valence-electron chi connectivity index (χ2n) is 5.39. The molecule has 0 saturated carbocycles. The monoisotopic (exact) mass is 287 g/mol. The fourth-order valence-corrected chi connectivity index (χ4v) is 2.53. The van der Waals surface area contributed by atoms with Crippen LogP contribution in [0.1, 0.15) is 5.69 Å². The first-order valence-corrected chi connectivity index (χ1v) is 7.28. The molecular weight excluding hydrogens is 266 g/mol. The Morgan fingerprint density at radius 1 is 1.29 bits per heavy atom. The average Bonchev–Trinajstić information content (AvgIpc) is 2.97. The molecule has 1 N–H and O–H groups in total. The summed E-state index contributed by atoms with van der Waals surface area (Å²) in [5.74, 6) is 0.913. The van der Waals surface area contributed by atoms with Crippen LogP contribution in [-0.4, -0.2) is 54.4 Å². The molecule has 0 radical (unpaired) electrons. The van der Waals surface area contributed by atoms with Gasteiger partial charge in [-0.3, -0.25) is 4.90 Å². The van der Waals surface area contributed by atoms with Crippen LogP contribution in [0.4, 0.5) is 0 Å². The number of imidazole rings is 1. The highest BCUT2D eigenvalue weighted by Gasteiger charge is 2.16. The zero-order chi connectivity index (χ0) is 14.5. The van der Waals surface area contributed by atoms with Gasteiger partial charge in [0.2, 0.25) is 0 Å². The van der Waals surface area contributed by atoms with E-state index in [2.05, 4.69) is 34.0 Å². The van der Waals surface area contributed by atoms with Crippen LogP contribution in [0.3, 0.4) is 0 Å². The molecule has 1 atom stereocenters. The van der Waals surface area contributed by atoms with Crippen LogP contribution in [0.5, 0.6) is 0 Å². The molecule has 1 fully saturated rings. The summed E-state index contributed by atoms with van der Waals surface area (Å²) in [4.78, 5) is 10.0. The van der Waals surface area contributed by atoms with Crippen molar-refractivity contribution in [1.29, 1.82) is 0 Å². The van der Waals surface area contributed by atoms with Crippen molar-refractivity contribution in [2.45, 2.75) is 12.6 Å². The van der Waals surface area contributed by atoms with Crippen molar-refractivity contribution in [2.24, 2.45) is 0 Å². The molecule has 5 heteroatoms. The molecule has 0 spiro atoms. The van der Waals surface area contributed by atoms with Crippen LogP contribution < -0.4 is 0 Å². The standard InChI is InChI=1S/C16H21N3O2/c1-19(11-15-12-20-7-8-21-15)10-14-9-17-16(18-14)13-5-3-2-4-6-13/h2-6,9,15H,7-8,10-12H2,1H3,(H,17,18)/t15-/m0/s1. The minimum absolute atomic E-state index is 0.167. The lowest BCUT2D eigenvalue weighted by Gasteiger charge is -2.27. The predicted molar refractivity (Wildman–Crippen MR) is 80.9 cm³/mol. The third-order valence-corrected chi connectivity index (χ3v) is 3.52. The third-order valence-electron chi connectivity index (χ3n) is 3.52. The number of likely N-dealkylation sites (N-methyl/N-ethyl adjacent to an activating group) is 1. The van der Waals surface area contributed by atoms with E-state index in [1.165, 1.54) is 0 Å². The number of benzene rings is 1. The SMILES string of the molecule is CN(Cc1cnc(-c2ccccc2)[nH]1)C[C@H]1COCCO1. The van der Waals surface area contributed by atoms with Gasteiger partial charge in [-0.1, -0.05) is 30.3 Å². The largest absolute Gasteiger partial charge is 0.376 e. The Balaban J connectivity index is 1.56. The highest BCUT2D eigenvalue weighted by Crippen LogP contribution is 2.15. The number of rotatable bonds is 5. The molecule has 3 rings (SSSR count). The van der Waals surface area contributed by atoms with Crippen molar-refractivity contribution in [3.63, 3.8) is 0 Å². The molecule has 5 nitrogen and oxygen atoms in total. The molecule has 0 aliphatic carbocycles. The average molecular weight is 287 g/mol. The highest BCUT2D eigenvalue weighted by atomic mass is 16.6.